The molecule has 0 unspecified atom stereocenters. The van der Waals surface area contributed by atoms with Gasteiger partial charge in [0.25, 0.3) is 0 Å². The summed E-state index contributed by atoms with van der Waals surface area (Å²) in [5.41, 5.74) is 1.25. The molecule has 1 N–H and O–H groups in total. The maximum absolute atomic E-state index is 11.8. The molecule has 1 amide bonds. The molecule has 0 bridgehead atoms. The number of amides is 1. The van der Waals surface area contributed by atoms with E-state index in [0.717, 1.165) is 24.4 Å². The van der Waals surface area contributed by atoms with E-state index in [4.69, 9.17) is 0 Å². The molecule has 1 aliphatic heterocycles. The molecule has 1 fully saturated rings. The highest BCUT2D eigenvalue weighted by Gasteiger charge is 2.08. The van der Waals surface area contributed by atoms with Crippen molar-refractivity contribution in [1.82, 2.24) is 10.2 Å². The first kappa shape index (κ1) is 17.4. The van der Waals surface area contributed by atoms with Gasteiger partial charge >= 0.3 is 0 Å². The van der Waals surface area contributed by atoms with Crippen molar-refractivity contribution in [2.45, 2.75) is 43.9 Å². The highest BCUT2D eigenvalue weighted by molar-refractivity contribution is 8.00. The van der Waals surface area contributed by atoms with Crippen molar-refractivity contribution >= 4 is 17.7 Å². The molecule has 1 saturated heterocycles. The Morgan fingerprint density at radius 3 is 2.50 bits per heavy atom. The molecule has 4 heteroatoms. The topological polar surface area (TPSA) is 32.3 Å². The maximum Gasteiger partial charge on any atom is 0.230 e. The van der Waals surface area contributed by atoms with Crippen LogP contribution >= 0.6 is 11.8 Å². The second kappa shape index (κ2) is 9.90. The van der Waals surface area contributed by atoms with Crippen LogP contribution in [0, 0.1) is 6.92 Å². The quantitative estimate of drug-likeness (QED) is 0.617. The molecule has 0 aromatic heterocycles. The van der Waals surface area contributed by atoms with Crippen LogP contribution in [0.5, 0.6) is 0 Å². The Hall–Kier alpha value is -1.00. The van der Waals surface area contributed by atoms with Crippen LogP contribution < -0.4 is 5.32 Å². The van der Waals surface area contributed by atoms with E-state index in [-0.39, 0.29) is 5.91 Å². The Kier molecular flexibility index (Phi) is 7.81. The van der Waals surface area contributed by atoms with Gasteiger partial charge < -0.3 is 10.2 Å². The summed E-state index contributed by atoms with van der Waals surface area (Å²) in [6.45, 7) is 6.45. The van der Waals surface area contributed by atoms with Gasteiger partial charge in [-0.25, -0.2) is 0 Å². The van der Waals surface area contributed by atoms with Gasteiger partial charge in [-0.15, -0.1) is 11.8 Å². The fourth-order valence-corrected chi connectivity index (χ4v) is 3.45. The zero-order valence-electron chi connectivity index (χ0n) is 13.6. The Balaban J connectivity index is 1.54. The highest BCUT2D eigenvalue weighted by Crippen LogP contribution is 2.17. The van der Waals surface area contributed by atoms with E-state index in [1.807, 2.05) is 0 Å². The van der Waals surface area contributed by atoms with Gasteiger partial charge in [0, 0.05) is 11.4 Å². The fraction of sp³-hybridized carbons (Fsp3) is 0.611. The van der Waals surface area contributed by atoms with Crippen molar-refractivity contribution in [3.63, 3.8) is 0 Å². The van der Waals surface area contributed by atoms with Crippen molar-refractivity contribution in [2.75, 3.05) is 31.9 Å². The van der Waals surface area contributed by atoms with Crippen molar-refractivity contribution in [3.05, 3.63) is 29.8 Å². The third-order valence-corrected chi connectivity index (χ3v) is 5.07. The summed E-state index contributed by atoms with van der Waals surface area (Å²) in [5.74, 6) is 0.647. The first-order chi connectivity index (χ1) is 10.7. The number of carbonyl (C=O) groups excluding carboxylic acids is 1. The average molecular weight is 321 g/mol. The molecule has 0 radical (unpaired) electrons. The second-order valence-corrected chi connectivity index (χ2v) is 7.11. The molecule has 22 heavy (non-hydrogen) atoms. The Labute approximate surface area is 138 Å². The lowest BCUT2D eigenvalue weighted by atomic mass is 10.2. The lowest BCUT2D eigenvalue weighted by Crippen LogP contribution is -2.31. The van der Waals surface area contributed by atoms with E-state index in [9.17, 15) is 4.79 Å². The molecule has 0 saturated carbocycles. The third-order valence-electron chi connectivity index (χ3n) is 4.06. The van der Waals surface area contributed by atoms with Crippen LogP contribution in [0.25, 0.3) is 0 Å². The van der Waals surface area contributed by atoms with E-state index in [1.54, 1.807) is 11.8 Å². The lowest BCUT2D eigenvalue weighted by molar-refractivity contribution is -0.118. The molecule has 1 heterocycles. The van der Waals surface area contributed by atoms with E-state index in [0.29, 0.717) is 5.75 Å². The third kappa shape index (κ3) is 6.84. The van der Waals surface area contributed by atoms with Crippen LogP contribution in [-0.4, -0.2) is 42.7 Å². The van der Waals surface area contributed by atoms with E-state index in [1.165, 1.54) is 44.3 Å². The number of hydrogen-bond donors (Lipinski definition) is 1. The molecular weight excluding hydrogens is 292 g/mol. The number of nitrogens with zero attached hydrogens (tertiary/aromatic N) is 1. The standard InChI is InChI=1S/C18H28N2OS/c1-16-7-9-17(10-8-16)22-15-18(21)19-11-6-14-20-12-4-2-3-5-13-20/h7-10H,2-6,11-15H2,1H3,(H,19,21). The number of thioether (sulfide) groups is 1. The first-order valence-electron chi connectivity index (χ1n) is 8.42. The number of hydrogen-bond acceptors (Lipinski definition) is 3. The van der Waals surface area contributed by atoms with Gasteiger partial charge in [-0.3, -0.25) is 4.79 Å². The van der Waals surface area contributed by atoms with Gasteiger partial charge in [-0.2, -0.15) is 0 Å². The van der Waals surface area contributed by atoms with Gasteiger partial charge in [-0.05, 0) is 58.0 Å². The van der Waals surface area contributed by atoms with E-state index < -0.39 is 0 Å². The van der Waals surface area contributed by atoms with Gasteiger partial charge in [0.15, 0.2) is 0 Å². The van der Waals surface area contributed by atoms with Crippen LogP contribution in [0.2, 0.25) is 0 Å². The van der Waals surface area contributed by atoms with E-state index in [2.05, 4.69) is 41.4 Å². The molecule has 3 nitrogen and oxygen atoms in total. The van der Waals surface area contributed by atoms with Crippen molar-refractivity contribution < 1.29 is 4.79 Å². The predicted octanol–water partition coefficient (Wildman–Crippen LogP) is 3.47. The highest BCUT2D eigenvalue weighted by atomic mass is 32.2. The molecule has 122 valence electrons. The minimum Gasteiger partial charge on any atom is -0.355 e. The summed E-state index contributed by atoms with van der Waals surface area (Å²) in [6.07, 6.45) is 6.48. The van der Waals surface area contributed by atoms with Crippen LogP contribution in [0.3, 0.4) is 0 Å². The summed E-state index contributed by atoms with van der Waals surface area (Å²) in [7, 11) is 0. The summed E-state index contributed by atoms with van der Waals surface area (Å²) in [4.78, 5) is 15.5. The Morgan fingerprint density at radius 1 is 1.14 bits per heavy atom. The molecular formula is C18H28N2OS. The van der Waals surface area contributed by atoms with Crippen molar-refractivity contribution in [2.24, 2.45) is 0 Å². The SMILES string of the molecule is Cc1ccc(SCC(=O)NCCCN2CCCCCC2)cc1. The fourth-order valence-electron chi connectivity index (χ4n) is 2.72. The van der Waals surface area contributed by atoms with Gasteiger partial charge in [0.2, 0.25) is 5.91 Å². The molecule has 0 spiro atoms. The number of benzene rings is 1. The molecule has 1 aromatic carbocycles. The largest absolute Gasteiger partial charge is 0.355 e. The number of aryl methyl sites for hydroxylation is 1. The zero-order valence-corrected chi connectivity index (χ0v) is 14.5. The molecule has 2 rings (SSSR count). The van der Waals surface area contributed by atoms with E-state index >= 15 is 0 Å². The summed E-state index contributed by atoms with van der Waals surface area (Å²) in [6, 6.07) is 8.32. The smallest absolute Gasteiger partial charge is 0.230 e. The van der Waals surface area contributed by atoms with Gasteiger partial charge in [0.1, 0.15) is 0 Å². The number of nitrogens with one attached hydrogen (secondary N) is 1. The molecule has 1 aromatic rings. The lowest BCUT2D eigenvalue weighted by Gasteiger charge is -2.19. The minimum atomic E-state index is 0.140. The van der Waals surface area contributed by atoms with Crippen molar-refractivity contribution in [1.29, 1.82) is 0 Å². The molecule has 1 aliphatic rings. The second-order valence-electron chi connectivity index (χ2n) is 6.06. The predicted molar refractivity (Wildman–Crippen MR) is 94.4 cm³/mol. The monoisotopic (exact) mass is 320 g/mol. The molecule has 0 aliphatic carbocycles. The Bertz CT molecular complexity index is 439. The maximum atomic E-state index is 11.8. The number of likely N-dealkylation sites (tertiary alicyclic amines) is 1. The first-order valence-corrected chi connectivity index (χ1v) is 9.41. The number of rotatable bonds is 7. The van der Waals surface area contributed by atoms with Crippen LogP contribution in [0.1, 0.15) is 37.7 Å². The molecule has 0 atom stereocenters. The average Bonchev–Trinajstić information content (AvgIpc) is 2.80. The minimum absolute atomic E-state index is 0.140. The van der Waals surface area contributed by atoms with Crippen molar-refractivity contribution in [3.8, 4) is 0 Å². The van der Waals surface area contributed by atoms with Crippen LogP contribution in [0.15, 0.2) is 29.2 Å². The summed E-state index contributed by atoms with van der Waals surface area (Å²) in [5, 5.41) is 3.03. The Morgan fingerprint density at radius 2 is 1.82 bits per heavy atom. The zero-order chi connectivity index (χ0) is 15.6. The normalized spacial score (nSPS) is 16.2. The van der Waals surface area contributed by atoms with Gasteiger partial charge in [0.05, 0.1) is 5.75 Å². The van der Waals surface area contributed by atoms with Crippen LogP contribution in [-0.2, 0) is 4.79 Å². The van der Waals surface area contributed by atoms with Crippen LogP contribution in [0.4, 0.5) is 0 Å². The van der Waals surface area contributed by atoms with Gasteiger partial charge in [-0.1, -0.05) is 30.5 Å². The summed E-state index contributed by atoms with van der Waals surface area (Å²) < 4.78 is 0. The number of carbonyl (C=O) groups is 1. The summed E-state index contributed by atoms with van der Waals surface area (Å²) >= 11 is 1.60.